The molecule has 0 heterocycles. The molecule has 8 heteroatoms. The smallest absolute Gasteiger partial charge is 0.411 e. The number of carboxylic acid groups (broad SMARTS) is 1. The summed E-state index contributed by atoms with van der Waals surface area (Å²) in [6.45, 7) is 8.17. The first-order valence-electron chi connectivity index (χ1n) is 7.97. The van der Waals surface area contributed by atoms with Gasteiger partial charge in [-0.2, -0.15) is 0 Å². The van der Waals surface area contributed by atoms with Gasteiger partial charge < -0.3 is 24.6 Å². The number of hydrogen-bond acceptors (Lipinski definition) is 6. The molecule has 0 aliphatic heterocycles. The standard InChI is InChI=1S/C16H29NO7/c1-7-10(2)8-9-16(5,14(19)20)17-15(21)24-13(11(3)22-6)23-12(4)18/h10-11,13H,7-9H2,1-6H3,(H,17,21)(H,19,20)/t10-,11?,13-,16+/m1/s1. The number of aliphatic carboxylic acids is 1. The quantitative estimate of drug-likeness (QED) is 0.461. The third-order valence-electron chi connectivity index (χ3n) is 3.94. The predicted molar refractivity (Wildman–Crippen MR) is 86.4 cm³/mol. The molecule has 0 bridgehead atoms. The van der Waals surface area contributed by atoms with E-state index in [0.717, 1.165) is 6.42 Å². The topological polar surface area (TPSA) is 111 Å². The molecular formula is C16H29NO7. The minimum Gasteiger partial charge on any atom is -0.480 e. The van der Waals surface area contributed by atoms with Crippen LogP contribution < -0.4 is 5.32 Å². The summed E-state index contributed by atoms with van der Waals surface area (Å²) in [5.41, 5.74) is -1.47. The van der Waals surface area contributed by atoms with Gasteiger partial charge in [-0.3, -0.25) is 4.79 Å². The Balaban J connectivity index is 4.91. The van der Waals surface area contributed by atoms with E-state index in [9.17, 15) is 19.5 Å². The van der Waals surface area contributed by atoms with Gasteiger partial charge in [0.1, 0.15) is 11.6 Å². The number of alkyl carbamates (subject to hydrolysis) is 1. The van der Waals surface area contributed by atoms with E-state index in [4.69, 9.17) is 14.2 Å². The molecule has 0 saturated carbocycles. The van der Waals surface area contributed by atoms with Crippen LogP contribution in [0, 0.1) is 5.92 Å². The molecule has 0 aliphatic rings. The highest BCUT2D eigenvalue weighted by atomic mass is 16.7. The van der Waals surface area contributed by atoms with Crippen LogP contribution in [-0.4, -0.2) is 48.2 Å². The molecule has 2 N–H and O–H groups in total. The van der Waals surface area contributed by atoms with Crippen LogP contribution in [-0.2, 0) is 23.8 Å². The van der Waals surface area contributed by atoms with Gasteiger partial charge in [-0.1, -0.05) is 20.3 Å². The molecule has 24 heavy (non-hydrogen) atoms. The van der Waals surface area contributed by atoms with Crippen molar-refractivity contribution in [1.29, 1.82) is 0 Å². The molecule has 140 valence electrons. The molecule has 8 nitrogen and oxygen atoms in total. The number of amides is 1. The Bertz CT molecular complexity index is 440. The van der Waals surface area contributed by atoms with Crippen molar-refractivity contribution >= 4 is 18.0 Å². The van der Waals surface area contributed by atoms with Gasteiger partial charge in [0, 0.05) is 14.0 Å². The van der Waals surface area contributed by atoms with Crippen molar-refractivity contribution in [2.45, 2.75) is 71.8 Å². The highest BCUT2D eigenvalue weighted by molar-refractivity contribution is 5.83. The zero-order chi connectivity index (χ0) is 18.9. The van der Waals surface area contributed by atoms with E-state index in [-0.39, 0.29) is 6.42 Å². The summed E-state index contributed by atoms with van der Waals surface area (Å²) in [6.07, 6.45) is -1.14. The number of nitrogens with one attached hydrogen (secondary N) is 1. The number of carbonyl (C=O) groups excluding carboxylic acids is 2. The fraction of sp³-hybridized carbons (Fsp3) is 0.812. The Kier molecular flexibility index (Phi) is 9.35. The highest BCUT2D eigenvalue weighted by Gasteiger charge is 2.36. The van der Waals surface area contributed by atoms with Crippen LogP contribution in [0.25, 0.3) is 0 Å². The summed E-state index contributed by atoms with van der Waals surface area (Å²) in [5, 5.41) is 11.8. The first-order chi connectivity index (χ1) is 11.1. The Morgan fingerprint density at radius 2 is 1.79 bits per heavy atom. The van der Waals surface area contributed by atoms with Gasteiger partial charge in [0.25, 0.3) is 6.29 Å². The third-order valence-corrected chi connectivity index (χ3v) is 3.94. The second kappa shape index (κ2) is 10.1. The Hall–Kier alpha value is -1.83. The zero-order valence-electron chi connectivity index (χ0n) is 15.3. The van der Waals surface area contributed by atoms with E-state index in [1.165, 1.54) is 21.0 Å². The summed E-state index contributed by atoms with van der Waals surface area (Å²) in [6, 6.07) is 0. The predicted octanol–water partition coefficient (Wildman–Crippen LogP) is 2.31. The van der Waals surface area contributed by atoms with Gasteiger partial charge in [-0.05, 0) is 32.6 Å². The van der Waals surface area contributed by atoms with E-state index in [1.54, 1.807) is 6.92 Å². The van der Waals surface area contributed by atoms with Crippen LogP contribution in [0.4, 0.5) is 4.79 Å². The molecule has 0 aromatic carbocycles. The second-order valence-corrected chi connectivity index (χ2v) is 6.14. The number of rotatable bonds is 10. The van der Waals surface area contributed by atoms with E-state index in [0.29, 0.717) is 12.3 Å². The summed E-state index contributed by atoms with van der Waals surface area (Å²) in [7, 11) is 1.37. The van der Waals surface area contributed by atoms with Crippen molar-refractivity contribution in [2.24, 2.45) is 5.92 Å². The largest absolute Gasteiger partial charge is 0.480 e. The van der Waals surface area contributed by atoms with Crippen LogP contribution in [0.5, 0.6) is 0 Å². The number of esters is 1. The van der Waals surface area contributed by atoms with Crippen LogP contribution >= 0.6 is 0 Å². The molecular weight excluding hydrogens is 318 g/mol. The average Bonchev–Trinajstić information content (AvgIpc) is 2.50. The van der Waals surface area contributed by atoms with Crippen LogP contribution in [0.3, 0.4) is 0 Å². The molecule has 0 aromatic heterocycles. The maximum absolute atomic E-state index is 12.0. The number of methoxy groups -OCH3 is 1. The van der Waals surface area contributed by atoms with Gasteiger partial charge >= 0.3 is 18.0 Å². The molecule has 0 rings (SSSR count). The molecule has 4 atom stereocenters. The first kappa shape index (κ1) is 22.2. The number of ether oxygens (including phenoxy) is 3. The van der Waals surface area contributed by atoms with E-state index >= 15 is 0 Å². The minimum absolute atomic E-state index is 0.254. The highest BCUT2D eigenvalue weighted by Crippen LogP contribution is 2.19. The molecule has 0 radical (unpaired) electrons. The van der Waals surface area contributed by atoms with Gasteiger partial charge in [-0.15, -0.1) is 0 Å². The Labute approximate surface area is 142 Å². The SMILES string of the molecule is CC[C@@H](C)CC[C@](C)(NC(=O)O[C@@H](OC(C)=O)C(C)OC)C(=O)O. The van der Waals surface area contributed by atoms with Crippen molar-refractivity contribution in [3.05, 3.63) is 0 Å². The van der Waals surface area contributed by atoms with Crippen LogP contribution in [0.2, 0.25) is 0 Å². The van der Waals surface area contributed by atoms with E-state index < -0.39 is 36.0 Å². The lowest BCUT2D eigenvalue weighted by molar-refractivity contribution is -0.186. The lowest BCUT2D eigenvalue weighted by Crippen LogP contribution is -2.53. The maximum Gasteiger partial charge on any atom is 0.411 e. The second-order valence-electron chi connectivity index (χ2n) is 6.14. The number of hydrogen-bond donors (Lipinski definition) is 2. The lowest BCUT2D eigenvalue weighted by atomic mass is 9.90. The normalized spacial score (nSPS) is 17.1. The van der Waals surface area contributed by atoms with Crippen molar-refractivity contribution in [1.82, 2.24) is 5.32 Å². The van der Waals surface area contributed by atoms with Crippen LogP contribution in [0.15, 0.2) is 0 Å². The third kappa shape index (κ3) is 7.63. The molecule has 1 unspecified atom stereocenters. The molecule has 0 fully saturated rings. The monoisotopic (exact) mass is 347 g/mol. The Morgan fingerprint density at radius 1 is 1.21 bits per heavy atom. The van der Waals surface area contributed by atoms with Crippen molar-refractivity contribution < 1.29 is 33.7 Å². The summed E-state index contributed by atoms with van der Waals surface area (Å²) in [4.78, 5) is 34.7. The first-order valence-corrected chi connectivity index (χ1v) is 7.97. The molecule has 0 saturated heterocycles. The van der Waals surface area contributed by atoms with E-state index in [1.807, 2.05) is 13.8 Å². The van der Waals surface area contributed by atoms with Gasteiger partial charge in [0.15, 0.2) is 0 Å². The summed E-state index contributed by atoms with van der Waals surface area (Å²) in [5.74, 6) is -1.47. The number of carbonyl (C=O) groups is 3. The van der Waals surface area contributed by atoms with Gasteiger partial charge in [0.2, 0.25) is 0 Å². The van der Waals surface area contributed by atoms with Crippen molar-refractivity contribution in [3.63, 3.8) is 0 Å². The fourth-order valence-electron chi connectivity index (χ4n) is 1.81. The van der Waals surface area contributed by atoms with Crippen molar-refractivity contribution in [2.75, 3.05) is 7.11 Å². The summed E-state index contributed by atoms with van der Waals surface area (Å²) < 4.78 is 14.9. The Morgan fingerprint density at radius 3 is 2.21 bits per heavy atom. The summed E-state index contributed by atoms with van der Waals surface area (Å²) >= 11 is 0. The van der Waals surface area contributed by atoms with Crippen LogP contribution in [0.1, 0.15) is 53.9 Å². The lowest BCUT2D eigenvalue weighted by Gasteiger charge is -2.29. The molecule has 0 aromatic rings. The van der Waals surface area contributed by atoms with E-state index in [2.05, 4.69) is 5.32 Å². The molecule has 0 spiro atoms. The molecule has 0 aliphatic carbocycles. The molecule has 1 amide bonds. The van der Waals surface area contributed by atoms with Gasteiger partial charge in [-0.25, -0.2) is 9.59 Å². The minimum atomic E-state index is -1.47. The van der Waals surface area contributed by atoms with Gasteiger partial charge in [0.05, 0.1) is 0 Å². The average molecular weight is 347 g/mol. The fourth-order valence-corrected chi connectivity index (χ4v) is 1.81. The maximum atomic E-state index is 12.0. The zero-order valence-corrected chi connectivity index (χ0v) is 15.3. The van der Waals surface area contributed by atoms with Crippen molar-refractivity contribution in [3.8, 4) is 0 Å². The number of carboxylic acids is 1.